The first-order valence-electron chi connectivity index (χ1n) is 10.3. The van der Waals surface area contributed by atoms with Gasteiger partial charge in [0, 0.05) is 17.9 Å². The van der Waals surface area contributed by atoms with Gasteiger partial charge in [0.25, 0.3) is 5.91 Å². The molecule has 33 heavy (non-hydrogen) atoms. The van der Waals surface area contributed by atoms with Crippen LogP contribution in [0.15, 0.2) is 54.6 Å². The van der Waals surface area contributed by atoms with Crippen LogP contribution in [0.5, 0.6) is 17.2 Å². The third-order valence-corrected chi connectivity index (χ3v) is 5.46. The molecule has 0 aliphatic carbocycles. The van der Waals surface area contributed by atoms with Gasteiger partial charge in [-0.3, -0.25) is 9.59 Å². The molecule has 0 unspecified atom stereocenters. The molecule has 0 spiro atoms. The Labute approximate surface area is 190 Å². The maximum Gasteiger partial charge on any atom is 0.394 e. The van der Waals surface area contributed by atoms with Crippen LogP contribution in [-0.4, -0.2) is 34.5 Å². The van der Waals surface area contributed by atoms with E-state index >= 15 is 0 Å². The summed E-state index contributed by atoms with van der Waals surface area (Å²) in [5.41, 5.74) is 3.69. The Bertz CT molecular complexity index is 1260. The number of carbonyl (C=O) groups is 3. The van der Waals surface area contributed by atoms with Crippen LogP contribution in [0.4, 0.5) is 11.4 Å². The molecule has 168 valence electrons. The van der Waals surface area contributed by atoms with E-state index in [0.717, 1.165) is 17.7 Å². The summed E-state index contributed by atoms with van der Waals surface area (Å²) in [6.07, 6.45) is 0.752. The molecular weight excluding hydrogens is 424 g/mol. The number of carbonyl (C=O) groups excluding carboxylic acids is 2. The summed E-state index contributed by atoms with van der Waals surface area (Å²) >= 11 is 0. The fourth-order valence-electron chi connectivity index (χ4n) is 3.93. The van der Waals surface area contributed by atoms with Crippen LogP contribution >= 0.6 is 0 Å². The van der Waals surface area contributed by atoms with Crippen LogP contribution < -0.4 is 15.0 Å². The summed E-state index contributed by atoms with van der Waals surface area (Å²) in [5.74, 6) is -2.31. The first-order chi connectivity index (χ1) is 15.7. The summed E-state index contributed by atoms with van der Waals surface area (Å²) in [5, 5.41) is 21.4. The van der Waals surface area contributed by atoms with Crippen molar-refractivity contribution in [3.05, 3.63) is 76.9 Å². The van der Waals surface area contributed by atoms with Crippen LogP contribution in [0, 0.1) is 13.8 Å². The van der Waals surface area contributed by atoms with E-state index in [1.165, 1.54) is 12.1 Å². The van der Waals surface area contributed by atoms with Crippen molar-refractivity contribution in [1.82, 2.24) is 0 Å². The van der Waals surface area contributed by atoms with Crippen LogP contribution in [0.3, 0.4) is 0 Å². The van der Waals surface area contributed by atoms with Crippen molar-refractivity contribution in [2.24, 2.45) is 0 Å². The van der Waals surface area contributed by atoms with E-state index in [1.54, 1.807) is 36.9 Å². The molecule has 0 saturated heterocycles. The predicted octanol–water partition coefficient (Wildman–Crippen LogP) is 4.03. The van der Waals surface area contributed by atoms with Crippen LogP contribution in [0.2, 0.25) is 0 Å². The lowest BCUT2D eigenvalue weighted by molar-refractivity contribution is -0.147. The molecule has 0 radical (unpaired) electrons. The second kappa shape index (κ2) is 8.66. The van der Waals surface area contributed by atoms with E-state index in [9.17, 15) is 19.5 Å². The average molecular weight is 446 g/mol. The zero-order valence-corrected chi connectivity index (χ0v) is 18.1. The van der Waals surface area contributed by atoms with Crippen molar-refractivity contribution in [1.29, 1.82) is 0 Å². The van der Waals surface area contributed by atoms with E-state index in [2.05, 4.69) is 5.32 Å². The lowest BCUT2D eigenvalue weighted by Gasteiger charge is -2.19. The van der Waals surface area contributed by atoms with Gasteiger partial charge in [-0.2, -0.15) is 0 Å². The minimum atomic E-state index is -1.58. The number of fused-ring (bicyclic) bond motifs is 1. The highest BCUT2D eigenvalue weighted by Gasteiger charge is 2.27. The molecule has 8 heteroatoms. The molecule has 3 N–H and O–H groups in total. The molecule has 0 bridgehead atoms. The number of nitrogens with zero attached hydrogens (tertiary/aromatic N) is 1. The topological polar surface area (TPSA) is 116 Å². The van der Waals surface area contributed by atoms with Gasteiger partial charge in [-0.1, -0.05) is 18.2 Å². The largest absolute Gasteiger partial charge is 0.507 e. The van der Waals surface area contributed by atoms with Gasteiger partial charge in [0.2, 0.25) is 0 Å². The molecule has 1 aliphatic heterocycles. The molecule has 0 aromatic heterocycles. The number of phenols is 1. The van der Waals surface area contributed by atoms with Gasteiger partial charge >= 0.3 is 11.9 Å². The van der Waals surface area contributed by atoms with Gasteiger partial charge in [0.05, 0.1) is 5.56 Å². The Morgan fingerprint density at radius 1 is 1.00 bits per heavy atom. The number of hydrogen-bond acceptors (Lipinski definition) is 5. The van der Waals surface area contributed by atoms with E-state index < -0.39 is 11.9 Å². The number of aromatic hydroxyl groups is 1. The Kier molecular flexibility index (Phi) is 5.74. The number of anilines is 2. The lowest BCUT2D eigenvalue weighted by atomic mass is 10.1. The quantitative estimate of drug-likeness (QED) is 0.521. The van der Waals surface area contributed by atoms with E-state index in [1.807, 2.05) is 24.3 Å². The number of rotatable bonds is 4. The number of carboxylic acid groups (broad SMARTS) is 1. The Hall–Kier alpha value is -4.33. The molecule has 3 aromatic carbocycles. The molecule has 0 atom stereocenters. The predicted molar refractivity (Wildman–Crippen MR) is 122 cm³/mol. The van der Waals surface area contributed by atoms with Gasteiger partial charge in [0.1, 0.15) is 17.2 Å². The van der Waals surface area contributed by atoms with E-state index in [0.29, 0.717) is 34.9 Å². The van der Waals surface area contributed by atoms with Crippen LogP contribution in [0.25, 0.3) is 0 Å². The normalized spacial score (nSPS) is 12.2. The minimum absolute atomic E-state index is 0.129. The second-order valence-electron chi connectivity index (χ2n) is 7.81. The number of ether oxygens (including phenoxy) is 1. The highest BCUT2D eigenvalue weighted by Crippen LogP contribution is 2.35. The van der Waals surface area contributed by atoms with Crippen molar-refractivity contribution in [2.45, 2.75) is 20.3 Å². The number of benzene rings is 3. The molecule has 8 nitrogen and oxygen atoms in total. The number of aryl methyl sites for hydroxylation is 2. The van der Waals surface area contributed by atoms with E-state index in [-0.39, 0.29) is 17.2 Å². The van der Waals surface area contributed by atoms with Crippen molar-refractivity contribution in [3.63, 3.8) is 0 Å². The molecule has 3 aromatic rings. The molecule has 1 heterocycles. The number of para-hydroxylation sites is 1. The number of hydrogen-bond donors (Lipinski definition) is 3. The summed E-state index contributed by atoms with van der Waals surface area (Å²) < 4.78 is 6.01. The number of carboxylic acids is 1. The average Bonchev–Trinajstić information content (AvgIpc) is 3.21. The van der Waals surface area contributed by atoms with Gasteiger partial charge in [-0.25, -0.2) is 4.79 Å². The summed E-state index contributed by atoms with van der Waals surface area (Å²) in [6, 6.07) is 15.3. The third-order valence-electron chi connectivity index (χ3n) is 5.46. The first kappa shape index (κ1) is 21.9. The summed E-state index contributed by atoms with van der Waals surface area (Å²) in [6.45, 7) is 4.04. The fraction of sp³-hybridized carbons (Fsp3) is 0.160. The monoisotopic (exact) mass is 446 g/mol. The van der Waals surface area contributed by atoms with Gasteiger partial charge in [-0.05, 0) is 73.4 Å². The van der Waals surface area contributed by atoms with Crippen molar-refractivity contribution < 1.29 is 29.3 Å². The standard InChI is InChI=1S/C25H22N2O6/c1-14-11-17(26-23(29)25(31)32)12-15(2)22(14)33-18-7-8-21(28)19(13-18)24(30)27-10-9-16-5-3-4-6-20(16)27/h3-8,11-13,28H,9-10H2,1-2H3,(H,26,29)(H,31,32). The van der Waals surface area contributed by atoms with Gasteiger partial charge in [-0.15, -0.1) is 0 Å². The molecule has 0 fully saturated rings. The van der Waals surface area contributed by atoms with Crippen LogP contribution in [-0.2, 0) is 16.0 Å². The maximum absolute atomic E-state index is 13.2. The zero-order chi connectivity index (χ0) is 23.7. The SMILES string of the molecule is Cc1cc(NC(=O)C(=O)O)cc(C)c1Oc1ccc(O)c(C(=O)N2CCc3ccccc32)c1. The smallest absolute Gasteiger partial charge is 0.394 e. The van der Waals surface area contributed by atoms with E-state index in [4.69, 9.17) is 9.84 Å². The Morgan fingerprint density at radius 2 is 1.70 bits per heavy atom. The molecule has 1 aliphatic rings. The van der Waals surface area contributed by atoms with Gasteiger partial charge < -0.3 is 25.2 Å². The zero-order valence-electron chi connectivity index (χ0n) is 18.1. The number of amides is 2. The number of nitrogens with one attached hydrogen (secondary N) is 1. The highest BCUT2D eigenvalue weighted by molar-refractivity contribution is 6.36. The molecule has 2 amide bonds. The first-order valence-corrected chi connectivity index (χ1v) is 10.3. The van der Waals surface area contributed by atoms with Crippen molar-refractivity contribution in [2.75, 3.05) is 16.8 Å². The highest BCUT2D eigenvalue weighted by atomic mass is 16.5. The van der Waals surface area contributed by atoms with Gasteiger partial charge in [0.15, 0.2) is 0 Å². The van der Waals surface area contributed by atoms with Crippen molar-refractivity contribution >= 4 is 29.2 Å². The summed E-state index contributed by atoms with van der Waals surface area (Å²) in [7, 11) is 0. The fourth-order valence-corrected chi connectivity index (χ4v) is 3.93. The maximum atomic E-state index is 13.2. The molecule has 0 saturated carbocycles. The third kappa shape index (κ3) is 4.36. The lowest BCUT2D eigenvalue weighted by Crippen LogP contribution is -2.28. The molecule has 4 rings (SSSR count). The molecular formula is C25H22N2O6. The Balaban J connectivity index is 1.59. The van der Waals surface area contributed by atoms with Crippen molar-refractivity contribution in [3.8, 4) is 17.2 Å². The minimum Gasteiger partial charge on any atom is -0.507 e. The van der Waals surface area contributed by atoms with Crippen LogP contribution in [0.1, 0.15) is 27.0 Å². The second-order valence-corrected chi connectivity index (χ2v) is 7.81. The number of phenolic OH excluding ortho intramolecular Hbond substituents is 1. The Morgan fingerprint density at radius 3 is 2.39 bits per heavy atom. The summed E-state index contributed by atoms with van der Waals surface area (Å²) in [4.78, 5) is 37.0. The number of aliphatic carboxylic acids is 1.